The molecule has 0 saturated carbocycles. The number of aromatic nitrogens is 4. The maximum atomic E-state index is 5.81. The van der Waals surface area contributed by atoms with E-state index in [-0.39, 0.29) is 0 Å². The average molecular weight is 348 g/mol. The largest absolute Gasteiger partial charge is 0.411 e. The van der Waals surface area contributed by atoms with Crippen LogP contribution in [-0.4, -0.2) is 20.0 Å². The summed E-state index contributed by atoms with van der Waals surface area (Å²) in [6, 6.07) is 20.2. The third-order valence-electron chi connectivity index (χ3n) is 3.85. The van der Waals surface area contributed by atoms with Crippen LogP contribution in [0.15, 0.2) is 76.5 Å². The van der Waals surface area contributed by atoms with Crippen molar-refractivity contribution in [3.05, 3.63) is 78.1 Å². The van der Waals surface area contributed by atoms with Crippen LogP contribution in [0.25, 0.3) is 17.1 Å². The molecule has 124 valence electrons. The molecule has 0 aliphatic carbocycles. The number of benzene rings is 2. The monoisotopic (exact) mass is 348 g/mol. The normalized spacial score (nSPS) is 10.9. The summed E-state index contributed by atoms with van der Waals surface area (Å²) >= 11 is 1.53. The summed E-state index contributed by atoms with van der Waals surface area (Å²) in [6.07, 6.45) is 1.77. The second-order valence-corrected chi connectivity index (χ2v) is 6.46. The van der Waals surface area contributed by atoms with Crippen molar-refractivity contribution >= 4 is 11.8 Å². The van der Waals surface area contributed by atoms with E-state index in [0.29, 0.717) is 11.1 Å². The summed E-state index contributed by atoms with van der Waals surface area (Å²) in [7, 11) is 0. The van der Waals surface area contributed by atoms with Crippen LogP contribution in [0.5, 0.6) is 0 Å². The van der Waals surface area contributed by atoms with Crippen molar-refractivity contribution in [1.82, 2.24) is 20.0 Å². The third kappa shape index (κ3) is 3.34. The Morgan fingerprint density at radius 2 is 1.68 bits per heavy atom. The van der Waals surface area contributed by atoms with Gasteiger partial charge in [0.2, 0.25) is 0 Å². The van der Waals surface area contributed by atoms with E-state index >= 15 is 0 Å². The van der Waals surface area contributed by atoms with Crippen molar-refractivity contribution in [3.8, 4) is 17.1 Å². The van der Waals surface area contributed by atoms with Gasteiger partial charge in [-0.15, -0.1) is 10.2 Å². The van der Waals surface area contributed by atoms with Gasteiger partial charge in [0.15, 0.2) is 0 Å². The van der Waals surface area contributed by atoms with Crippen LogP contribution in [-0.2, 0) is 5.75 Å². The van der Waals surface area contributed by atoms with E-state index in [1.165, 1.54) is 17.3 Å². The average Bonchev–Trinajstić information content (AvgIpc) is 3.28. The fourth-order valence-corrected chi connectivity index (χ4v) is 3.26. The lowest BCUT2D eigenvalue weighted by molar-refractivity contribution is 0.465. The summed E-state index contributed by atoms with van der Waals surface area (Å²) < 4.78 is 7.68. The maximum absolute atomic E-state index is 5.81. The summed E-state index contributed by atoms with van der Waals surface area (Å²) in [5.41, 5.74) is 4.04. The fourth-order valence-electron chi connectivity index (χ4n) is 2.55. The SMILES string of the molecule is Cc1c(-c2nnc(SCc3ccccc3)o2)cnn1-c1ccccc1. The zero-order valence-electron chi connectivity index (χ0n) is 13.7. The van der Waals surface area contributed by atoms with Gasteiger partial charge in [0, 0.05) is 5.75 Å². The summed E-state index contributed by atoms with van der Waals surface area (Å²) in [4.78, 5) is 0. The molecule has 0 bridgehead atoms. The van der Waals surface area contributed by atoms with Gasteiger partial charge in [0.05, 0.1) is 23.1 Å². The highest BCUT2D eigenvalue weighted by Crippen LogP contribution is 2.28. The Kier molecular flexibility index (Phi) is 4.35. The van der Waals surface area contributed by atoms with Crippen LogP contribution in [0.3, 0.4) is 0 Å². The Morgan fingerprint density at radius 1 is 0.960 bits per heavy atom. The molecular weight excluding hydrogens is 332 g/mol. The highest BCUT2D eigenvalue weighted by atomic mass is 32.2. The molecule has 25 heavy (non-hydrogen) atoms. The van der Waals surface area contributed by atoms with Crippen molar-refractivity contribution in [2.45, 2.75) is 17.9 Å². The van der Waals surface area contributed by atoms with E-state index in [1.807, 2.05) is 60.1 Å². The van der Waals surface area contributed by atoms with Crippen molar-refractivity contribution in [3.63, 3.8) is 0 Å². The molecule has 0 fully saturated rings. The van der Waals surface area contributed by atoms with Crippen LogP contribution in [0.2, 0.25) is 0 Å². The molecule has 4 rings (SSSR count). The van der Waals surface area contributed by atoms with Crippen molar-refractivity contribution < 1.29 is 4.42 Å². The molecule has 0 unspecified atom stereocenters. The number of para-hydroxylation sites is 1. The smallest absolute Gasteiger partial charge is 0.277 e. The molecular formula is C19H16N4OS. The molecule has 6 heteroatoms. The fraction of sp³-hybridized carbons (Fsp3) is 0.105. The van der Waals surface area contributed by atoms with E-state index in [4.69, 9.17) is 4.42 Å². The number of hydrogen-bond donors (Lipinski definition) is 0. The van der Waals surface area contributed by atoms with Crippen LogP contribution in [0.4, 0.5) is 0 Å². The van der Waals surface area contributed by atoms with Crippen LogP contribution >= 0.6 is 11.8 Å². The van der Waals surface area contributed by atoms with Crippen LogP contribution in [0, 0.1) is 6.92 Å². The van der Waals surface area contributed by atoms with Crippen molar-refractivity contribution in [2.75, 3.05) is 0 Å². The maximum Gasteiger partial charge on any atom is 0.277 e. The zero-order chi connectivity index (χ0) is 17.1. The quantitative estimate of drug-likeness (QED) is 0.496. The first kappa shape index (κ1) is 15.7. The first-order chi connectivity index (χ1) is 12.3. The topological polar surface area (TPSA) is 56.7 Å². The molecule has 0 aliphatic rings. The molecule has 4 aromatic rings. The number of nitrogens with zero attached hydrogens (tertiary/aromatic N) is 4. The first-order valence-electron chi connectivity index (χ1n) is 7.92. The lowest BCUT2D eigenvalue weighted by Crippen LogP contribution is -1.98. The molecule has 0 amide bonds. The molecule has 0 atom stereocenters. The Morgan fingerprint density at radius 3 is 2.44 bits per heavy atom. The van der Waals surface area contributed by atoms with Crippen molar-refractivity contribution in [2.24, 2.45) is 0 Å². The summed E-state index contributed by atoms with van der Waals surface area (Å²) in [5.74, 6) is 1.29. The minimum Gasteiger partial charge on any atom is -0.411 e. The third-order valence-corrected chi connectivity index (χ3v) is 4.74. The molecule has 0 N–H and O–H groups in total. The Labute approximate surface area is 149 Å². The molecule has 2 heterocycles. The molecule has 2 aromatic carbocycles. The van der Waals surface area contributed by atoms with Crippen LogP contribution < -0.4 is 0 Å². The first-order valence-corrected chi connectivity index (χ1v) is 8.90. The van der Waals surface area contributed by atoms with Gasteiger partial charge < -0.3 is 4.42 Å². The Bertz CT molecular complexity index is 964. The van der Waals surface area contributed by atoms with Gasteiger partial charge in [-0.3, -0.25) is 0 Å². The standard InChI is InChI=1S/C19H16N4OS/c1-14-17(12-20-23(14)16-10-6-3-7-11-16)18-21-22-19(24-18)25-13-15-8-4-2-5-9-15/h2-12H,13H2,1H3. The number of thioether (sulfide) groups is 1. The van der Waals surface area contributed by atoms with E-state index in [1.54, 1.807) is 6.20 Å². The van der Waals surface area contributed by atoms with Gasteiger partial charge in [-0.05, 0) is 24.6 Å². The van der Waals surface area contributed by atoms with Gasteiger partial charge in [-0.25, -0.2) is 4.68 Å². The Hall–Kier alpha value is -2.86. The molecule has 0 spiro atoms. The van der Waals surface area contributed by atoms with Gasteiger partial charge in [-0.1, -0.05) is 60.3 Å². The predicted octanol–water partition coefficient (Wildman–Crippen LogP) is 4.52. The zero-order valence-corrected chi connectivity index (χ0v) is 14.5. The second kappa shape index (κ2) is 6.94. The Balaban J connectivity index is 1.53. The number of hydrogen-bond acceptors (Lipinski definition) is 5. The van der Waals surface area contributed by atoms with E-state index < -0.39 is 0 Å². The summed E-state index contributed by atoms with van der Waals surface area (Å²) in [6.45, 7) is 2.00. The van der Waals surface area contributed by atoms with Gasteiger partial charge in [-0.2, -0.15) is 5.10 Å². The molecule has 0 radical (unpaired) electrons. The van der Waals surface area contributed by atoms with Crippen molar-refractivity contribution in [1.29, 1.82) is 0 Å². The molecule has 5 nitrogen and oxygen atoms in total. The van der Waals surface area contributed by atoms with Gasteiger partial charge >= 0.3 is 0 Å². The highest BCUT2D eigenvalue weighted by Gasteiger charge is 2.16. The molecule has 0 saturated heterocycles. The van der Waals surface area contributed by atoms with E-state index in [0.717, 1.165) is 22.7 Å². The number of rotatable bonds is 5. The minimum absolute atomic E-state index is 0.496. The molecule has 0 aliphatic heterocycles. The molecule has 2 aromatic heterocycles. The van der Waals surface area contributed by atoms with Crippen LogP contribution in [0.1, 0.15) is 11.3 Å². The van der Waals surface area contributed by atoms with E-state index in [2.05, 4.69) is 27.4 Å². The van der Waals surface area contributed by atoms with Gasteiger partial charge in [0.25, 0.3) is 11.1 Å². The lowest BCUT2D eigenvalue weighted by atomic mass is 10.2. The highest BCUT2D eigenvalue weighted by molar-refractivity contribution is 7.98. The van der Waals surface area contributed by atoms with E-state index in [9.17, 15) is 0 Å². The minimum atomic E-state index is 0.496. The second-order valence-electron chi connectivity index (χ2n) is 5.54. The predicted molar refractivity (Wildman–Crippen MR) is 97.6 cm³/mol. The summed E-state index contributed by atoms with van der Waals surface area (Å²) in [5, 5.41) is 13.3. The lowest BCUT2D eigenvalue weighted by Gasteiger charge is -2.03. The van der Waals surface area contributed by atoms with Gasteiger partial charge in [0.1, 0.15) is 0 Å².